The highest BCUT2D eigenvalue weighted by Gasteiger charge is 2.25. The lowest BCUT2D eigenvalue weighted by atomic mass is 10.0. The highest BCUT2D eigenvalue weighted by molar-refractivity contribution is 7.14. The maximum absolute atomic E-state index is 13.4. The number of esters is 1. The third-order valence-corrected chi connectivity index (χ3v) is 5.32. The van der Waals surface area contributed by atoms with Crippen molar-refractivity contribution in [2.24, 2.45) is 0 Å². The van der Waals surface area contributed by atoms with Crippen LogP contribution in [0.5, 0.6) is 5.75 Å². The first-order valence-electron chi connectivity index (χ1n) is 8.99. The fourth-order valence-electron chi connectivity index (χ4n) is 3.05. The molecule has 0 fully saturated rings. The van der Waals surface area contributed by atoms with Crippen molar-refractivity contribution in [1.29, 1.82) is 5.26 Å². The SMILES string of the molecule is CCOC(=O)c1nc(-c2ccc(C#N)cc2)c2snc(-c3ccc(F)cc3)c2c1O. The molecule has 0 radical (unpaired) electrons. The molecule has 2 aromatic carbocycles. The average molecular weight is 419 g/mol. The van der Waals surface area contributed by atoms with E-state index in [0.29, 0.717) is 38.2 Å². The van der Waals surface area contributed by atoms with Gasteiger partial charge in [0.1, 0.15) is 5.82 Å². The maximum atomic E-state index is 13.4. The summed E-state index contributed by atoms with van der Waals surface area (Å²) in [5.41, 5.74) is 2.34. The van der Waals surface area contributed by atoms with Crippen molar-refractivity contribution in [3.63, 3.8) is 0 Å². The van der Waals surface area contributed by atoms with Crippen LogP contribution in [0, 0.1) is 17.1 Å². The minimum Gasteiger partial charge on any atom is -0.505 e. The second-order valence-electron chi connectivity index (χ2n) is 6.31. The summed E-state index contributed by atoms with van der Waals surface area (Å²) in [6.07, 6.45) is 0. The second kappa shape index (κ2) is 7.89. The number of nitrogens with zero attached hydrogens (tertiary/aromatic N) is 3. The van der Waals surface area contributed by atoms with E-state index in [1.807, 2.05) is 0 Å². The first-order chi connectivity index (χ1) is 14.5. The summed E-state index contributed by atoms with van der Waals surface area (Å²) in [6.45, 7) is 1.78. The van der Waals surface area contributed by atoms with Gasteiger partial charge in [0, 0.05) is 11.1 Å². The smallest absolute Gasteiger partial charge is 0.360 e. The highest BCUT2D eigenvalue weighted by atomic mass is 32.1. The molecule has 2 heterocycles. The number of nitriles is 1. The van der Waals surface area contributed by atoms with Crippen LogP contribution in [0.1, 0.15) is 23.0 Å². The van der Waals surface area contributed by atoms with Crippen LogP contribution in [0.15, 0.2) is 48.5 Å². The van der Waals surface area contributed by atoms with E-state index < -0.39 is 11.8 Å². The summed E-state index contributed by atoms with van der Waals surface area (Å²) in [4.78, 5) is 16.8. The summed E-state index contributed by atoms with van der Waals surface area (Å²) in [5, 5.41) is 20.2. The van der Waals surface area contributed by atoms with Crippen LogP contribution in [-0.2, 0) is 4.74 Å². The van der Waals surface area contributed by atoms with Crippen LogP contribution in [-0.4, -0.2) is 27.0 Å². The fraction of sp³-hybridized carbons (Fsp3) is 0.0909. The third-order valence-electron chi connectivity index (χ3n) is 4.47. The van der Waals surface area contributed by atoms with Crippen LogP contribution in [0.3, 0.4) is 0 Å². The lowest BCUT2D eigenvalue weighted by Crippen LogP contribution is -2.08. The van der Waals surface area contributed by atoms with Gasteiger partial charge in [-0.2, -0.15) is 9.64 Å². The molecule has 4 rings (SSSR count). The number of aromatic nitrogens is 2. The molecule has 8 heteroatoms. The maximum Gasteiger partial charge on any atom is 0.360 e. The molecule has 0 unspecified atom stereocenters. The summed E-state index contributed by atoms with van der Waals surface area (Å²) in [6, 6.07) is 14.5. The number of fused-ring (bicyclic) bond motifs is 1. The van der Waals surface area contributed by atoms with Gasteiger partial charge in [-0.3, -0.25) is 0 Å². The summed E-state index contributed by atoms with van der Waals surface area (Å²) < 4.78 is 23.4. The number of hydrogen-bond donors (Lipinski definition) is 1. The van der Waals surface area contributed by atoms with E-state index in [2.05, 4.69) is 15.4 Å². The zero-order valence-electron chi connectivity index (χ0n) is 15.7. The van der Waals surface area contributed by atoms with Crippen molar-refractivity contribution in [2.45, 2.75) is 6.92 Å². The van der Waals surface area contributed by atoms with Gasteiger partial charge in [-0.1, -0.05) is 12.1 Å². The summed E-state index contributed by atoms with van der Waals surface area (Å²) in [7, 11) is 0. The van der Waals surface area contributed by atoms with Gasteiger partial charge in [0.2, 0.25) is 0 Å². The van der Waals surface area contributed by atoms with E-state index in [4.69, 9.17) is 10.00 Å². The average Bonchev–Trinajstić information content (AvgIpc) is 3.20. The van der Waals surface area contributed by atoms with E-state index in [1.165, 1.54) is 12.1 Å². The van der Waals surface area contributed by atoms with Gasteiger partial charge >= 0.3 is 5.97 Å². The molecule has 30 heavy (non-hydrogen) atoms. The minimum atomic E-state index is -0.761. The summed E-state index contributed by atoms with van der Waals surface area (Å²) >= 11 is 1.11. The molecule has 0 aliphatic carbocycles. The molecular weight excluding hydrogens is 405 g/mol. The Labute approximate surface area is 175 Å². The van der Waals surface area contributed by atoms with Crippen LogP contribution < -0.4 is 0 Å². The fourth-order valence-corrected chi connectivity index (χ4v) is 3.96. The van der Waals surface area contributed by atoms with E-state index >= 15 is 0 Å². The number of benzene rings is 2. The van der Waals surface area contributed by atoms with Gasteiger partial charge in [-0.05, 0) is 54.9 Å². The molecule has 4 aromatic rings. The zero-order chi connectivity index (χ0) is 21.3. The number of rotatable bonds is 4. The molecule has 0 aliphatic heterocycles. The third kappa shape index (κ3) is 3.36. The number of halogens is 1. The monoisotopic (exact) mass is 419 g/mol. The van der Waals surface area contributed by atoms with Crippen molar-refractivity contribution in [3.8, 4) is 34.3 Å². The lowest BCUT2D eigenvalue weighted by Gasteiger charge is -2.10. The van der Waals surface area contributed by atoms with Gasteiger partial charge in [0.05, 0.1) is 39.7 Å². The predicted octanol–water partition coefficient (Wildman–Crippen LogP) is 4.92. The predicted molar refractivity (Wildman–Crippen MR) is 111 cm³/mol. The Morgan fingerprint density at radius 1 is 1.13 bits per heavy atom. The molecule has 0 saturated carbocycles. The Hall–Kier alpha value is -3.83. The first-order valence-corrected chi connectivity index (χ1v) is 9.76. The largest absolute Gasteiger partial charge is 0.505 e. The number of pyridine rings is 1. The van der Waals surface area contributed by atoms with Crippen LogP contribution in [0.25, 0.3) is 32.6 Å². The standard InChI is InChI=1S/C22H14FN3O3S/c1-2-29-22(28)19-20(27)16-17(13-7-9-15(23)10-8-13)26-30-21(16)18(25-19)14-5-3-12(11-24)4-6-14/h3-10,27H,2H2,1H3. The van der Waals surface area contributed by atoms with Gasteiger partial charge in [0.25, 0.3) is 0 Å². The normalized spacial score (nSPS) is 10.7. The quantitative estimate of drug-likeness (QED) is 0.472. The molecule has 0 atom stereocenters. The number of carbonyl (C=O) groups excluding carboxylic acids is 1. The Morgan fingerprint density at radius 3 is 2.40 bits per heavy atom. The van der Waals surface area contributed by atoms with Crippen LogP contribution in [0.2, 0.25) is 0 Å². The van der Waals surface area contributed by atoms with Gasteiger partial charge in [-0.25, -0.2) is 14.2 Å². The van der Waals surface area contributed by atoms with Crippen LogP contribution >= 0.6 is 11.5 Å². The van der Waals surface area contributed by atoms with Gasteiger partial charge in [0.15, 0.2) is 11.4 Å². The molecule has 0 saturated heterocycles. The Balaban J connectivity index is 2.01. The van der Waals surface area contributed by atoms with Crippen molar-refractivity contribution < 1.29 is 19.0 Å². The van der Waals surface area contributed by atoms with Gasteiger partial charge < -0.3 is 9.84 Å². The molecule has 148 valence electrons. The molecule has 0 bridgehead atoms. The van der Waals surface area contributed by atoms with E-state index in [1.54, 1.807) is 43.3 Å². The lowest BCUT2D eigenvalue weighted by molar-refractivity contribution is 0.0516. The van der Waals surface area contributed by atoms with E-state index in [-0.39, 0.29) is 18.1 Å². The molecular formula is C22H14FN3O3S. The molecule has 6 nitrogen and oxygen atoms in total. The summed E-state index contributed by atoms with van der Waals surface area (Å²) in [5.74, 6) is -1.49. The van der Waals surface area contributed by atoms with Crippen LogP contribution in [0.4, 0.5) is 4.39 Å². The minimum absolute atomic E-state index is 0.122. The Kier molecular flexibility index (Phi) is 5.12. The number of carbonyl (C=O) groups is 1. The number of ether oxygens (including phenoxy) is 1. The highest BCUT2D eigenvalue weighted by Crippen LogP contribution is 2.42. The molecule has 0 spiro atoms. The van der Waals surface area contributed by atoms with Crippen molar-refractivity contribution >= 4 is 27.6 Å². The number of hydrogen-bond acceptors (Lipinski definition) is 7. The zero-order valence-corrected chi connectivity index (χ0v) is 16.5. The molecule has 1 N–H and O–H groups in total. The Morgan fingerprint density at radius 2 is 1.77 bits per heavy atom. The van der Waals surface area contributed by atoms with E-state index in [9.17, 15) is 14.3 Å². The molecule has 2 aromatic heterocycles. The van der Waals surface area contributed by atoms with Gasteiger partial charge in [-0.15, -0.1) is 0 Å². The topological polar surface area (TPSA) is 96.1 Å². The van der Waals surface area contributed by atoms with Crippen molar-refractivity contribution in [1.82, 2.24) is 9.36 Å². The number of aromatic hydroxyl groups is 1. The first kappa shape index (κ1) is 19.5. The van der Waals surface area contributed by atoms with Crippen molar-refractivity contribution in [2.75, 3.05) is 6.61 Å². The van der Waals surface area contributed by atoms with Crippen molar-refractivity contribution in [3.05, 3.63) is 65.6 Å². The molecule has 0 aliphatic rings. The second-order valence-corrected chi connectivity index (χ2v) is 7.08. The molecule has 0 amide bonds. The Bertz CT molecular complexity index is 1290. The van der Waals surface area contributed by atoms with E-state index in [0.717, 1.165) is 11.5 Å².